The van der Waals surface area contributed by atoms with Crippen LogP contribution in [0.1, 0.15) is 16.5 Å². The third-order valence-electron chi connectivity index (χ3n) is 1.82. The fourth-order valence-corrected chi connectivity index (χ4v) is 1.78. The van der Waals surface area contributed by atoms with Gasteiger partial charge >= 0.3 is 0 Å². The highest BCUT2D eigenvalue weighted by Gasteiger charge is 2.14. The maximum absolute atomic E-state index is 9.84. The molecule has 2 N–H and O–H groups in total. The largest absolute Gasteiger partial charge is 0.480 e. The number of hydrogen-bond donors (Lipinski definition) is 2. The molecule has 0 aliphatic carbocycles. The van der Waals surface area contributed by atoms with Crippen LogP contribution < -0.4 is 4.74 Å². The molecule has 0 amide bonds. The SMILES string of the molecule is COc1cc(C(O)c2cn[nH]c2)sn1. The van der Waals surface area contributed by atoms with Crippen LogP contribution in [0, 0.1) is 0 Å². The van der Waals surface area contributed by atoms with Crippen molar-refractivity contribution in [2.75, 3.05) is 7.11 Å². The van der Waals surface area contributed by atoms with Crippen LogP contribution >= 0.6 is 11.5 Å². The number of aliphatic hydroxyl groups is 1. The molecular weight excluding hydrogens is 202 g/mol. The predicted octanol–water partition coefficient (Wildman–Crippen LogP) is 0.956. The quantitative estimate of drug-likeness (QED) is 0.793. The molecule has 1 unspecified atom stereocenters. The van der Waals surface area contributed by atoms with Crippen molar-refractivity contribution in [1.82, 2.24) is 14.6 Å². The first-order chi connectivity index (χ1) is 6.81. The Bertz CT molecular complexity index is 398. The minimum atomic E-state index is -0.685. The van der Waals surface area contributed by atoms with Crippen molar-refractivity contribution in [2.24, 2.45) is 0 Å². The number of aromatic amines is 1. The third kappa shape index (κ3) is 1.61. The van der Waals surface area contributed by atoms with Gasteiger partial charge in [-0.05, 0) is 11.5 Å². The molecule has 5 nitrogen and oxygen atoms in total. The first-order valence-electron chi connectivity index (χ1n) is 3.98. The second kappa shape index (κ2) is 3.77. The molecule has 0 fully saturated rings. The van der Waals surface area contributed by atoms with Crippen LogP contribution in [0.15, 0.2) is 18.5 Å². The zero-order valence-corrected chi connectivity index (χ0v) is 8.28. The van der Waals surface area contributed by atoms with E-state index in [4.69, 9.17) is 4.74 Å². The molecule has 2 heterocycles. The number of nitrogens with zero attached hydrogens (tertiary/aromatic N) is 2. The third-order valence-corrected chi connectivity index (χ3v) is 2.64. The summed E-state index contributed by atoms with van der Waals surface area (Å²) in [7, 11) is 1.54. The zero-order chi connectivity index (χ0) is 9.97. The molecule has 2 aromatic heterocycles. The molecule has 1 atom stereocenters. The Morgan fingerprint density at radius 1 is 1.64 bits per heavy atom. The fraction of sp³-hybridized carbons (Fsp3) is 0.250. The van der Waals surface area contributed by atoms with Crippen LogP contribution in [0.5, 0.6) is 5.88 Å². The minimum absolute atomic E-state index is 0.521. The van der Waals surface area contributed by atoms with Gasteiger partial charge < -0.3 is 9.84 Å². The van der Waals surface area contributed by atoms with Gasteiger partial charge in [-0.3, -0.25) is 5.10 Å². The highest BCUT2D eigenvalue weighted by atomic mass is 32.1. The molecule has 74 valence electrons. The Hall–Kier alpha value is -1.40. The summed E-state index contributed by atoms with van der Waals surface area (Å²) in [4.78, 5) is 0.739. The lowest BCUT2D eigenvalue weighted by molar-refractivity contribution is 0.224. The molecule has 0 aliphatic rings. The average molecular weight is 211 g/mol. The standard InChI is InChI=1S/C8H9N3O2S/c1-13-7-2-6(14-11-7)8(12)5-3-9-10-4-5/h2-4,8,12H,1H3,(H,9,10). The molecule has 0 saturated carbocycles. The summed E-state index contributed by atoms with van der Waals surface area (Å²) in [6, 6.07) is 1.71. The lowest BCUT2D eigenvalue weighted by Gasteiger charge is -2.02. The van der Waals surface area contributed by atoms with E-state index < -0.39 is 6.10 Å². The summed E-state index contributed by atoms with van der Waals surface area (Å²) in [5.41, 5.74) is 0.719. The highest BCUT2D eigenvalue weighted by molar-refractivity contribution is 7.06. The van der Waals surface area contributed by atoms with Crippen LogP contribution in [0.25, 0.3) is 0 Å². The van der Waals surface area contributed by atoms with Crippen LogP contribution in [-0.4, -0.2) is 26.8 Å². The summed E-state index contributed by atoms with van der Waals surface area (Å²) < 4.78 is 8.92. The van der Waals surface area contributed by atoms with Gasteiger partial charge in [0.25, 0.3) is 0 Å². The van der Waals surface area contributed by atoms with Gasteiger partial charge in [-0.15, -0.1) is 0 Å². The number of hydrogen-bond acceptors (Lipinski definition) is 5. The van der Waals surface area contributed by atoms with Gasteiger partial charge in [-0.25, -0.2) is 0 Å². The summed E-state index contributed by atoms with van der Waals surface area (Å²) in [6.45, 7) is 0. The molecule has 2 rings (SSSR count). The van der Waals surface area contributed by atoms with E-state index in [1.807, 2.05) is 0 Å². The normalized spacial score (nSPS) is 12.7. The van der Waals surface area contributed by atoms with Crippen molar-refractivity contribution in [3.8, 4) is 5.88 Å². The lowest BCUT2D eigenvalue weighted by Crippen LogP contribution is -1.94. The van der Waals surface area contributed by atoms with E-state index in [-0.39, 0.29) is 0 Å². The molecule has 14 heavy (non-hydrogen) atoms. The Balaban J connectivity index is 2.23. The molecule has 0 aliphatic heterocycles. The topological polar surface area (TPSA) is 71.0 Å². The first kappa shape index (κ1) is 9.17. The maximum Gasteiger partial charge on any atom is 0.225 e. The number of aliphatic hydroxyl groups excluding tert-OH is 1. The number of methoxy groups -OCH3 is 1. The Labute approximate surface area is 84.5 Å². The Kier molecular flexibility index (Phi) is 2.47. The van der Waals surface area contributed by atoms with E-state index in [0.29, 0.717) is 5.88 Å². The number of H-pyrrole nitrogens is 1. The van der Waals surface area contributed by atoms with Gasteiger partial charge in [0.05, 0.1) is 18.2 Å². The van der Waals surface area contributed by atoms with Crippen molar-refractivity contribution in [2.45, 2.75) is 6.10 Å². The molecule has 6 heteroatoms. The number of rotatable bonds is 3. The van der Waals surface area contributed by atoms with Crippen LogP contribution in [0.4, 0.5) is 0 Å². The Morgan fingerprint density at radius 2 is 2.50 bits per heavy atom. The fourth-order valence-electron chi connectivity index (χ4n) is 1.07. The minimum Gasteiger partial charge on any atom is -0.480 e. The maximum atomic E-state index is 9.84. The number of nitrogens with one attached hydrogen (secondary N) is 1. The van der Waals surface area contributed by atoms with Crippen molar-refractivity contribution >= 4 is 11.5 Å². The molecule has 0 radical (unpaired) electrons. The van der Waals surface area contributed by atoms with E-state index in [1.54, 1.807) is 25.6 Å². The van der Waals surface area contributed by atoms with Crippen molar-refractivity contribution < 1.29 is 9.84 Å². The van der Waals surface area contributed by atoms with E-state index in [1.165, 1.54) is 11.5 Å². The van der Waals surface area contributed by atoms with Gasteiger partial charge in [0.15, 0.2) is 0 Å². The Morgan fingerprint density at radius 3 is 3.07 bits per heavy atom. The predicted molar refractivity (Wildman–Crippen MR) is 51.3 cm³/mol. The van der Waals surface area contributed by atoms with E-state index in [0.717, 1.165) is 10.4 Å². The lowest BCUT2D eigenvalue weighted by atomic mass is 10.2. The highest BCUT2D eigenvalue weighted by Crippen LogP contribution is 2.27. The average Bonchev–Trinajstić information content (AvgIpc) is 2.88. The molecular formula is C8H9N3O2S. The van der Waals surface area contributed by atoms with Crippen LogP contribution in [0.2, 0.25) is 0 Å². The second-order valence-corrected chi connectivity index (χ2v) is 3.54. The second-order valence-electron chi connectivity index (χ2n) is 2.71. The van der Waals surface area contributed by atoms with Crippen molar-refractivity contribution in [1.29, 1.82) is 0 Å². The van der Waals surface area contributed by atoms with Gasteiger partial charge in [-0.2, -0.15) is 9.47 Å². The molecule has 0 bridgehead atoms. The first-order valence-corrected chi connectivity index (χ1v) is 4.76. The van der Waals surface area contributed by atoms with Gasteiger partial charge in [0, 0.05) is 17.8 Å². The van der Waals surface area contributed by atoms with Gasteiger partial charge in [-0.1, -0.05) is 0 Å². The molecule has 2 aromatic rings. The van der Waals surface area contributed by atoms with E-state index in [9.17, 15) is 5.11 Å². The summed E-state index contributed by atoms with van der Waals surface area (Å²) >= 11 is 1.21. The van der Waals surface area contributed by atoms with Gasteiger partial charge in [0.2, 0.25) is 5.88 Å². The van der Waals surface area contributed by atoms with Crippen LogP contribution in [-0.2, 0) is 0 Å². The monoisotopic (exact) mass is 211 g/mol. The molecule has 0 spiro atoms. The van der Waals surface area contributed by atoms with Crippen molar-refractivity contribution in [3.63, 3.8) is 0 Å². The molecule has 0 aromatic carbocycles. The van der Waals surface area contributed by atoms with Crippen LogP contribution in [0.3, 0.4) is 0 Å². The van der Waals surface area contributed by atoms with E-state index in [2.05, 4.69) is 14.6 Å². The zero-order valence-electron chi connectivity index (χ0n) is 7.47. The summed E-state index contributed by atoms with van der Waals surface area (Å²) in [5, 5.41) is 16.3. The number of aromatic nitrogens is 3. The van der Waals surface area contributed by atoms with Crippen molar-refractivity contribution in [3.05, 3.63) is 28.9 Å². The summed E-state index contributed by atoms with van der Waals surface area (Å²) in [5.74, 6) is 0.521. The molecule has 0 saturated heterocycles. The number of ether oxygens (including phenoxy) is 1. The van der Waals surface area contributed by atoms with Gasteiger partial charge in [0.1, 0.15) is 6.10 Å². The smallest absolute Gasteiger partial charge is 0.225 e. The van der Waals surface area contributed by atoms with E-state index >= 15 is 0 Å². The summed E-state index contributed by atoms with van der Waals surface area (Å²) in [6.07, 6.45) is 2.54.